The second-order valence-electron chi connectivity index (χ2n) is 9.45. The van der Waals surface area contributed by atoms with Crippen LogP contribution in [0.2, 0.25) is 0 Å². The van der Waals surface area contributed by atoms with E-state index in [-0.39, 0.29) is 43.2 Å². The molecule has 1 unspecified atom stereocenters. The Morgan fingerprint density at radius 1 is 0.976 bits per heavy atom. The van der Waals surface area contributed by atoms with E-state index >= 15 is 0 Å². The number of amides is 3. The maximum atomic E-state index is 13.7. The summed E-state index contributed by atoms with van der Waals surface area (Å²) in [6, 6.07) is -0.831. The lowest BCUT2D eigenvalue weighted by Crippen LogP contribution is -2.47. The fourth-order valence-corrected chi connectivity index (χ4v) is 8.51. The first-order valence-corrected chi connectivity index (χ1v) is 15.5. The van der Waals surface area contributed by atoms with Crippen LogP contribution in [0.1, 0.15) is 55.3 Å². The predicted molar refractivity (Wildman–Crippen MR) is 171 cm³/mol. The van der Waals surface area contributed by atoms with Crippen molar-refractivity contribution in [3.05, 3.63) is 21.8 Å². The minimum absolute atomic E-state index is 0.0353. The van der Waals surface area contributed by atoms with Crippen molar-refractivity contribution >= 4 is 103 Å². The fraction of sp³-hybridized carbons (Fsp3) is 0.560. The van der Waals surface area contributed by atoms with Crippen LogP contribution in [-0.4, -0.2) is 92.2 Å². The van der Waals surface area contributed by atoms with Crippen molar-refractivity contribution in [3.8, 4) is 0 Å². The molecule has 0 bridgehead atoms. The van der Waals surface area contributed by atoms with Gasteiger partial charge in [-0.05, 0) is 81.6 Å². The van der Waals surface area contributed by atoms with Gasteiger partial charge in [0.05, 0.1) is 55.9 Å². The highest BCUT2D eigenvalue weighted by molar-refractivity contribution is 14.1. The van der Waals surface area contributed by atoms with Crippen molar-refractivity contribution in [1.29, 1.82) is 0 Å². The van der Waals surface area contributed by atoms with Crippen LogP contribution in [-0.2, 0) is 33.3 Å². The first-order chi connectivity index (χ1) is 19.0. The van der Waals surface area contributed by atoms with Gasteiger partial charge in [-0.25, -0.2) is 0 Å². The zero-order valence-electron chi connectivity index (χ0n) is 23.3. The number of halogens is 3. The molecular formula is C25H32I3N3O10. The van der Waals surface area contributed by atoms with Crippen molar-refractivity contribution in [2.75, 3.05) is 38.3 Å². The lowest BCUT2D eigenvalue weighted by atomic mass is 10.1. The molecule has 1 aromatic rings. The van der Waals surface area contributed by atoms with Crippen LogP contribution in [0.15, 0.2) is 0 Å². The summed E-state index contributed by atoms with van der Waals surface area (Å²) in [6.07, 6.45) is -2.11. The van der Waals surface area contributed by atoms with Gasteiger partial charge in [-0.15, -0.1) is 0 Å². The number of aliphatic hydroxyl groups is 1. The number of esters is 2. The molecule has 3 amide bonds. The summed E-state index contributed by atoms with van der Waals surface area (Å²) in [5.74, 6) is -3.82. The summed E-state index contributed by atoms with van der Waals surface area (Å²) < 4.78 is 22.5. The van der Waals surface area contributed by atoms with E-state index in [4.69, 9.17) is 18.9 Å². The Morgan fingerprint density at radius 3 is 2.05 bits per heavy atom. The highest BCUT2D eigenvalue weighted by atomic mass is 127. The Kier molecular flexibility index (Phi) is 13.5. The van der Waals surface area contributed by atoms with E-state index in [9.17, 15) is 29.1 Å². The molecule has 0 aliphatic carbocycles. The third-order valence-corrected chi connectivity index (χ3v) is 8.99. The number of hydrogen-bond acceptors (Lipinski definition) is 10. The van der Waals surface area contributed by atoms with Crippen molar-refractivity contribution in [1.82, 2.24) is 10.6 Å². The summed E-state index contributed by atoms with van der Waals surface area (Å²) in [4.78, 5) is 64.2. The number of aliphatic hydroxyl groups excluding tert-OH is 1. The Bertz CT molecular complexity index is 1210. The van der Waals surface area contributed by atoms with E-state index in [0.717, 1.165) is 0 Å². The van der Waals surface area contributed by atoms with Gasteiger partial charge in [0.25, 0.3) is 11.8 Å². The lowest BCUT2D eigenvalue weighted by Gasteiger charge is -2.30. The molecule has 16 heteroatoms. The first-order valence-electron chi connectivity index (χ1n) is 12.3. The number of hydrogen-bond donors (Lipinski definition) is 3. The monoisotopic (exact) mass is 915 g/mol. The van der Waals surface area contributed by atoms with Gasteiger partial charge < -0.3 is 39.6 Å². The van der Waals surface area contributed by atoms with E-state index in [2.05, 4.69) is 10.6 Å². The van der Waals surface area contributed by atoms with Crippen LogP contribution < -0.4 is 15.5 Å². The summed E-state index contributed by atoms with van der Waals surface area (Å²) in [6.45, 7) is 6.38. The topological polar surface area (TPSA) is 170 Å². The molecule has 0 saturated carbocycles. The number of carbonyl (C=O) groups excluding carboxylic acids is 5. The zero-order chi connectivity index (χ0) is 31.2. The summed E-state index contributed by atoms with van der Waals surface area (Å²) in [7, 11) is 1.44. The highest BCUT2D eigenvalue weighted by Gasteiger charge is 2.36. The van der Waals surface area contributed by atoms with Gasteiger partial charge in [0.2, 0.25) is 5.91 Å². The smallest absolute Gasteiger partial charge is 0.303 e. The van der Waals surface area contributed by atoms with E-state index in [1.807, 2.05) is 67.8 Å². The zero-order valence-corrected chi connectivity index (χ0v) is 29.7. The van der Waals surface area contributed by atoms with Crippen molar-refractivity contribution in [2.24, 2.45) is 0 Å². The summed E-state index contributed by atoms with van der Waals surface area (Å²) >= 11 is 5.74. The van der Waals surface area contributed by atoms with Crippen LogP contribution in [0.25, 0.3) is 0 Å². The fourth-order valence-electron chi connectivity index (χ4n) is 3.79. The van der Waals surface area contributed by atoms with Crippen LogP contribution in [0.5, 0.6) is 0 Å². The number of ether oxygens (including phenoxy) is 4. The number of nitrogens with zero attached hydrogens (tertiary/aromatic N) is 1. The molecule has 0 aromatic heterocycles. The van der Waals surface area contributed by atoms with Crippen LogP contribution in [0.3, 0.4) is 0 Å². The van der Waals surface area contributed by atoms with Crippen LogP contribution in [0.4, 0.5) is 5.69 Å². The minimum Gasteiger partial charge on any atom is -0.462 e. The molecule has 0 radical (unpaired) electrons. The lowest BCUT2D eigenvalue weighted by molar-refractivity contribution is -0.203. The summed E-state index contributed by atoms with van der Waals surface area (Å²) in [5, 5.41) is 15.9. The van der Waals surface area contributed by atoms with Gasteiger partial charge >= 0.3 is 11.9 Å². The van der Waals surface area contributed by atoms with Crippen LogP contribution >= 0.6 is 67.8 Å². The second-order valence-corrected chi connectivity index (χ2v) is 12.7. The molecule has 3 N–H and O–H groups in total. The van der Waals surface area contributed by atoms with E-state index in [1.54, 1.807) is 13.8 Å². The molecule has 1 aromatic carbocycles. The van der Waals surface area contributed by atoms with Crippen LogP contribution in [0, 0.1) is 10.7 Å². The molecule has 1 saturated heterocycles. The average Bonchev–Trinajstić information content (AvgIpc) is 2.98. The number of rotatable bonds is 9. The highest BCUT2D eigenvalue weighted by Crippen LogP contribution is 2.38. The Balaban J connectivity index is 2.66. The third-order valence-electron chi connectivity index (χ3n) is 5.81. The summed E-state index contributed by atoms with van der Waals surface area (Å²) in [5.41, 5.74) is 0.462. The molecule has 228 valence electrons. The van der Waals surface area contributed by atoms with E-state index in [1.165, 1.54) is 32.7 Å². The van der Waals surface area contributed by atoms with Crippen molar-refractivity contribution in [2.45, 2.75) is 58.7 Å². The predicted octanol–water partition coefficient (Wildman–Crippen LogP) is 1.95. The van der Waals surface area contributed by atoms with Gasteiger partial charge in [-0.3, -0.25) is 24.0 Å². The van der Waals surface area contributed by atoms with Crippen molar-refractivity contribution < 1.29 is 48.0 Å². The molecule has 13 nitrogen and oxygen atoms in total. The van der Waals surface area contributed by atoms with E-state index < -0.39 is 53.7 Å². The normalized spacial score (nSPS) is 18.9. The van der Waals surface area contributed by atoms with Crippen molar-refractivity contribution in [3.63, 3.8) is 0 Å². The minimum atomic E-state index is -1.07. The molecule has 1 aliphatic rings. The number of anilines is 1. The standard InChI is InChI=1S/C25H32I3N3O10/c1-11(32)31(7-14(41-13(3)34)8-38-12(2)33)22-20(27)17(23(36)29-6)19(26)18(21(22)28)24(37)30-15-9-39-25(4,5)40-10-16(15)35/h14-16,35H,7-10H2,1-6H3,(H,29,36)(H,30,37)/t14?,15-,16-/m0/s1. The molecule has 3 atom stereocenters. The van der Waals surface area contributed by atoms with E-state index in [0.29, 0.717) is 10.7 Å². The van der Waals surface area contributed by atoms with Gasteiger partial charge in [-0.2, -0.15) is 0 Å². The third kappa shape index (κ3) is 9.57. The molecule has 2 rings (SSSR count). The molecule has 0 spiro atoms. The SMILES string of the molecule is CNC(=O)c1c(I)c(C(=O)N[C@H]2COC(C)(C)OC[C@@H]2O)c(I)c(N(CC(COC(C)=O)OC(C)=O)C(C)=O)c1I. The van der Waals surface area contributed by atoms with Gasteiger partial charge in [-0.1, -0.05) is 0 Å². The van der Waals surface area contributed by atoms with Gasteiger partial charge in [0, 0.05) is 31.4 Å². The quantitative estimate of drug-likeness (QED) is 0.246. The largest absolute Gasteiger partial charge is 0.462 e. The van der Waals surface area contributed by atoms with Gasteiger partial charge in [0.1, 0.15) is 6.61 Å². The first kappa shape index (κ1) is 35.8. The van der Waals surface area contributed by atoms with Gasteiger partial charge in [0.15, 0.2) is 11.9 Å². The Labute approximate surface area is 278 Å². The molecule has 41 heavy (non-hydrogen) atoms. The maximum Gasteiger partial charge on any atom is 0.303 e. The number of benzene rings is 1. The number of carbonyl (C=O) groups is 5. The maximum absolute atomic E-state index is 13.7. The molecular weight excluding hydrogens is 883 g/mol. The molecule has 1 aliphatic heterocycles. The molecule has 1 fully saturated rings. The second kappa shape index (κ2) is 15.4. The molecule has 1 heterocycles. The number of nitrogens with one attached hydrogen (secondary N) is 2. The Hall–Kier alpha value is -1.36. The average molecular weight is 915 g/mol. The Morgan fingerprint density at radius 2 is 1.54 bits per heavy atom.